The molecule has 0 fully saturated rings. The molecule has 0 spiro atoms. The van der Waals surface area contributed by atoms with E-state index >= 15 is 0 Å². The van der Waals surface area contributed by atoms with E-state index in [1.807, 2.05) is 0 Å². The Morgan fingerprint density at radius 2 is 1.58 bits per heavy atom. The lowest BCUT2D eigenvalue weighted by molar-refractivity contribution is 0.920. The largest absolute Gasteiger partial charge is 0.0619 e. The van der Waals surface area contributed by atoms with Crippen LogP contribution in [0.4, 0.5) is 0 Å². The topological polar surface area (TPSA) is 0 Å². The number of rotatable bonds is 1. The molecule has 0 N–H and O–H groups in total. The zero-order valence-corrected chi connectivity index (χ0v) is 11.1. The van der Waals surface area contributed by atoms with Crippen molar-refractivity contribution in [3.63, 3.8) is 0 Å². The Kier molecular flexibility index (Phi) is 2.25. The molecule has 0 saturated heterocycles. The average molecular weight is 244 g/mol. The molecule has 4 rings (SSSR count). The summed E-state index contributed by atoms with van der Waals surface area (Å²) >= 11 is 0. The van der Waals surface area contributed by atoms with Crippen LogP contribution in [0, 0.1) is 0 Å². The Balaban J connectivity index is 1.75. The van der Waals surface area contributed by atoms with E-state index in [2.05, 4.69) is 67.6 Å². The monoisotopic (exact) mass is 244 g/mol. The Hall–Kier alpha value is -2.08. The highest BCUT2D eigenvalue weighted by molar-refractivity contribution is 5.78. The van der Waals surface area contributed by atoms with Gasteiger partial charge < -0.3 is 0 Å². The van der Waals surface area contributed by atoms with Crippen molar-refractivity contribution in [1.82, 2.24) is 0 Å². The minimum absolute atomic E-state index is 0.525. The van der Waals surface area contributed by atoms with Crippen LogP contribution >= 0.6 is 0 Å². The van der Waals surface area contributed by atoms with Gasteiger partial charge in [0.25, 0.3) is 0 Å². The van der Waals surface area contributed by atoms with Crippen molar-refractivity contribution in [2.75, 3.05) is 0 Å². The van der Waals surface area contributed by atoms with Crippen LogP contribution < -0.4 is 0 Å². The van der Waals surface area contributed by atoms with Crippen LogP contribution in [0.5, 0.6) is 0 Å². The predicted molar refractivity (Wildman–Crippen MR) is 81.0 cm³/mol. The Labute approximate surface area is 114 Å². The maximum absolute atomic E-state index is 2.37. The first-order valence-corrected chi connectivity index (χ1v) is 6.92. The van der Waals surface area contributed by atoms with Crippen LogP contribution in [0.25, 0.3) is 12.2 Å². The third kappa shape index (κ3) is 1.60. The number of allylic oxidation sites excluding steroid dienone is 2. The summed E-state index contributed by atoms with van der Waals surface area (Å²) in [5, 5.41) is 0. The highest BCUT2D eigenvalue weighted by Gasteiger charge is 2.25. The summed E-state index contributed by atoms with van der Waals surface area (Å²) in [6, 6.07) is 17.5. The molecule has 0 amide bonds. The summed E-state index contributed by atoms with van der Waals surface area (Å²) in [6.07, 6.45) is 5.82. The molecule has 1 atom stereocenters. The molecule has 0 saturated carbocycles. The Morgan fingerprint density at radius 1 is 0.842 bits per heavy atom. The normalized spacial score (nSPS) is 19.7. The maximum atomic E-state index is 2.37. The van der Waals surface area contributed by atoms with Crippen molar-refractivity contribution in [1.29, 1.82) is 0 Å². The van der Waals surface area contributed by atoms with Crippen molar-refractivity contribution >= 4 is 12.2 Å². The summed E-state index contributed by atoms with van der Waals surface area (Å²) in [7, 11) is 0. The summed E-state index contributed by atoms with van der Waals surface area (Å²) in [5.41, 5.74) is 8.70. The number of hydrogen-bond donors (Lipinski definition) is 0. The van der Waals surface area contributed by atoms with Gasteiger partial charge in [0, 0.05) is 5.92 Å². The number of hydrogen-bond acceptors (Lipinski definition) is 0. The van der Waals surface area contributed by atoms with E-state index in [4.69, 9.17) is 0 Å². The van der Waals surface area contributed by atoms with Crippen molar-refractivity contribution in [3.05, 3.63) is 81.9 Å². The van der Waals surface area contributed by atoms with Crippen LogP contribution in [-0.4, -0.2) is 0 Å². The molecule has 2 aromatic rings. The van der Waals surface area contributed by atoms with Crippen LogP contribution in [-0.2, 0) is 6.42 Å². The van der Waals surface area contributed by atoms with E-state index in [0.717, 1.165) is 6.42 Å². The zero-order chi connectivity index (χ0) is 12.8. The van der Waals surface area contributed by atoms with E-state index in [9.17, 15) is 0 Å². The fourth-order valence-electron chi connectivity index (χ4n) is 3.33. The Morgan fingerprint density at radius 3 is 2.37 bits per heavy atom. The molecular formula is C19H16. The molecule has 0 nitrogen and oxygen atoms in total. The molecule has 0 bridgehead atoms. The first-order chi connectivity index (χ1) is 9.33. The molecule has 19 heavy (non-hydrogen) atoms. The van der Waals surface area contributed by atoms with Crippen LogP contribution in [0.2, 0.25) is 0 Å². The van der Waals surface area contributed by atoms with Gasteiger partial charge in [-0.25, -0.2) is 0 Å². The van der Waals surface area contributed by atoms with Gasteiger partial charge in [-0.2, -0.15) is 0 Å². The highest BCUT2D eigenvalue weighted by atomic mass is 14.3. The highest BCUT2D eigenvalue weighted by Crippen LogP contribution is 2.42. The van der Waals surface area contributed by atoms with E-state index in [1.165, 1.54) is 33.4 Å². The van der Waals surface area contributed by atoms with Gasteiger partial charge in [-0.3, -0.25) is 0 Å². The molecule has 2 aliphatic carbocycles. The number of benzene rings is 2. The van der Waals surface area contributed by atoms with E-state index in [-0.39, 0.29) is 0 Å². The van der Waals surface area contributed by atoms with Crippen molar-refractivity contribution in [2.24, 2.45) is 0 Å². The third-order valence-corrected chi connectivity index (χ3v) is 4.38. The molecular weight excluding hydrogens is 228 g/mol. The molecule has 0 aromatic heterocycles. The van der Waals surface area contributed by atoms with Crippen LogP contribution in [0.3, 0.4) is 0 Å². The fourth-order valence-corrected chi connectivity index (χ4v) is 3.33. The van der Waals surface area contributed by atoms with E-state index < -0.39 is 0 Å². The summed E-state index contributed by atoms with van der Waals surface area (Å²) < 4.78 is 0. The van der Waals surface area contributed by atoms with Gasteiger partial charge in [0.15, 0.2) is 0 Å². The second-order valence-electron chi connectivity index (χ2n) is 5.50. The van der Waals surface area contributed by atoms with E-state index in [1.54, 1.807) is 0 Å². The smallest absolute Gasteiger partial charge is 0.00700 e. The molecule has 92 valence electrons. The van der Waals surface area contributed by atoms with Gasteiger partial charge in [-0.15, -0.1) is 0 Å². The fraction of sp³-hybridized carbons (Fsp3) is 0.158. The molecule has 0 heterocycles. The summed E-state index contributed by atoms with van der Waals surface area (Å²) in [4.78, 5) is 0. The van der Waals surface area contributed by atoms with Gasteiger partial charge in [0.2, 0.25) is 0 Å². The molecule has 1 unspecified atom stereocenters. The third-order valence-electron chi connectivity index (χ3n) is 4.38. The van der Waals surface area contributed by atoms with Gasteiger partial charge in [-0.1, -0.05) is 67.6 Å². The molecule has 0 heteroatoms. The first-order valence-electron chi connectivity index (χ1n) is 6.92. The van der Waals surface area contributed by atoms with Crippen molar-refractivity contribution < 1.29 is 0 Å². The van der Waals surface area contributed by atoms with Crippen molar-refractivity contribution in [3.8, 4) is 0 Å². The van der Waals surface area contributed by atoms with Gasteiger partial charge in [0.05, 0.1) is 0 Å². The quantitative estimate of drug-likeness (QED) is 0.674. The standard InChI is InChI=1S/C19H16/c1-13-18-9-5-4-8-16(18)12-19(13)17-10-14-6-2-3-7-15(14)11-17/h2-10,12-13H,11H2,1H3. The zero-order valence-electron chi connectivity index (χ0n) is 11.1. The second kappa shape index (κ2) is 3.96. The first kappa shape index (κ1) is 10.8. The van der Waals surface area contributed by atoms with Crippen molar-refractivity contribution in [2.45, 2.75) is 19.3 Å². The van der Waals surface area contributed by atoms with Crippen LogP contribution in [0.1, 0.15) is 35.1 Å². The minimum atomic E-state index is 0.525. The average Bonchev–Trinajstić information content (AvgIpc) is 3.00. The van der Waals surface area contributed by atoms with Crippen LogP contribution in [0.15, 0.2) is 59.7 Å². The molecule has 0 aliphatic heterocycles. The lowest BCUT2D eigenvalue weighted by Crippen LogP contribution is -1.96. The predicted octanol–water partition coefficient (Wildman–Crippen LogP) is 4.83. The minimum Gasteiger partial charge on any atom is -0.0619 e. The van der Waals surface area contributed by atoms with Gasteiger partial charge >= 0.3 is 0 Å². The molecule has 2 aromatic carbocycles. The molecule has 0 radical (unpaired) electrons. The van der Waals surface area contributed by atoms with Gasteiger partial charge in [0.1, 0.15) is 0 Å². The number of fused-ring (bicyclic) bond motifs is 2. The van der Waals surface area contributed by atoms with Gasteiger partial charge in [-0.05, 0) is 39.8 Å². The summed E-state index contributed by atoms with van der Waals surface area (Å²) in [5.74, 6) is 0.525. The Bertz CT molecular complexity index is 716. The molecule has 2 aliphatic rings. The summed E-state index contributed by atoms with van der Waals surface area (Å²) in [6.45, 7) is 2.32. The maximum Gasteiger partial charge on any atom is 0.00700 e. The second-order valence-corrected chi connectivity index (χ2v) is 5.50. The lowest BCUT2D eigenvalue weighted by Gasteiger charge is -2.12. The van der Waals surface area contributed by atoms with E-state index in [0.29, 0.717) is 5.92 Å². The lowest BCUT2D eigenvalue weighted by atomic mass is 9.92. The SMILES string of the molecule is CC1C(C2=Cc3ccccc3C2)=Cc2ccccc21.